The number of rotatable bonds is 6. The van der Waals surface area contributed by atoms with Gasteiger partial charge in [0, 0.05) is 18.5 Å². The highest BCUT2D eigenvalue weighted by atomic mass is 16.5. The lowest BCUT2D eigenvalue weighted by atomic mass is 10.1. The minimum atomic E-state index is -0.458. The lowest BCUT2D eigenvalue weighted by Gasteiger charge is -2.13. The summed E-state index contributed by atoms with van der Waals surface area (Å²) in [7, 11) is 0. The molecule has 1 aliphatic rings. The Kier molecular flexibility index (Phi) is 4.90. The minimum absolute atomic E-state index is 0.247. The van der Waals surface area contributed by atoms with Crippen molar-refractivity contribution in [2.45, 2.75) is 13.3 Å². The first kappa shape index (κ1) is 18.5. The van der Waals surface area contributed by atoms with E-state index < -0.39 is 17.7 Å². The van der Waals surface area contributed by atoms with Crippen molar-refractivity contribution in [3.63, 3.8) is 0 Å². The van der Waals surface area contributed by atoms with Crippen LogP contribution in [0.15, 0.2) is 53.1 Å². The van der Waals surface area contributed by atoms with Crippen molar-refractivity contribution >= 4 is 17.7 Å². The topological polar surface area (TPSA) is 105 Å². The van der Waals surface area contributed by atoms with Gasteiger partial charge >= 0.3 is 0 Å². The normalized spacial score (nSPS) is 12.9. The van der Waals surface area contributed by atoms with Crippen LogP contribution in [-0.4, -0.2) is 45.9 Å². The zero-order valence-corrected chi connectivity index (χ0v) is 15.7. The fourth-order valence-electron chi connectivity index (χ4n) is 3.15. The molecular weight excluding hydrogens is 372 g/mol. The molecule has 8 heteroatoms. The number of nitrogens with zero attached hydrogens (tertiary/aromatic N) is 3. The Morgan fingerprint density at radius 2 is 1.79 bits per heavy atom. The molecule has 0 bridgehead atoms. The molecule has 1 aliphatic heterocycles. The highest BCUT2D eigenvalue weighted by molar-refractivity contribution is 6.22. The molecule has 146 valence electrons. The Hall–Kier alpha value is -3.81. The van der Waals surface area contributed by atoms with Crippen molar-refractivity contribution in [2.24, 2.45) is 0 Å². The first-order valence-corrected chi connectivity index (χ1v) is 9.14. The van der Waals surface area contributed by atoms with E-state index in [0.29, 0.717) is 29.3 Å². The average molecular weight is 390 g/mol. The third-order valence-electron chi connectivity index (χ3n) is 4.59. The largest absolute Gasteiger partial charge is 0.354 e. The van der Waals surface area contributed by atoms with Gasteiger partial charge in [-0.3, -0.25) is 19.3 Å². The Labute approximate surface area is 166 Å². The van der Waals surface area contributed by atoms with Gasteiger partial charge in [-0.25, -0.2) is 0 Å². The Bertz CT molecular complexity index is 1070. The fourth-order valence-corrected chi connectivity index (χ4v) is 3.15. The van der Waals surface area contributed by atoms with Gasteiger partial charge < -0.3 is 9.84 Å². The van der Waals surface area contributed by atoms with E-state index in [1.54, 1.807) is 24.3 Å². The van der Waals surface area contributed by atoms with E-state index in [0.717, 1.165) is 16.0 Å². The van der Waals surface area contributed by atoms with Gasteiger partial charge in [0.2, 0.25) is 17.6 Å². The summed E-state index contributed by atoms with van der Waals surface area (Å²) in [6.45, 7) is 1.90. The summed E-state index contributed by atoms with van der Waals surface area (Å²) in [6.07, 6.45) is 0.340. The molecular formula is C21H18N4O4. The lowest BCUT2D eigenvalue weighted by Crippen LogP contribution is -2.40. The highest BCUT2D eigenvalue weighted by Crippen LogP contribution is 2.22. The zero-order chi connectivity index (χ0) is 20.4. The molecule has 1 N–H and O–H groups in total. The van der Waals surface area contributed by atoms with Gasteiger partial charge in [-0.2, -0.15) is 4.98 Å². The zero-order valence-electron chi connectivity index (χ0n) is 15.7. The van der Waals surface area contributed by atoms with Gasteiger partial charge in [0.25, 0.3) is 11.8 Å². The Balaban J connectivity index is 1.30. The second-order valence-corrected chi connectivity index (χ2v) is 6.72. The maximum Gasteiger partial charge on any atom is 0.262 e. The predicted octanol–water partition coefficient (Wildman–Crippen LogP) is 2.00. The standard InChI is InChI=1S/C21H18N4O4/c1-13-5-4-6-14(11-13)19-23-18(29-24-19)9-10-22-17(26)12-25-20(27)15-7-2-3-8-16(15)21(25)28/h2-8,11H,9-10,12H2,1H3,(H,22,26). The van der Waals surface area contributed by atoms with Crippen molar-refractivity contribution in [3.05, 3.63) is 71.1 Å². The number of imide groups is 1. The molecule has 0 fully saturated rings. The highest BCUT2D eigenvalue weighted by Gasteiger charge is 2.36. The summed E-state index contributed by atoms with van der Waals surface area (Å²) in [4.78, 5) is 42.0. The number of carbonyl (C=O) groups is 3. The maximum absolute atomic E-state index is 12.3. The molecule has 8 nitrogen and oxygen atoms in total. The smallest absolute Gasteiger partial charge is 0.262 e. The molecule has 29 heavy (non-hydrogen) atoms. The molecule has 2 heterocycles. The number of aryl methyl sites for hydroxylation is 1. The van der Waals surface area contributed by atoms with Crippen LogP contribution >= 0.6 is 0 Å². The third kappa shape index (κ3) is 3.77. The monoisotopic (exact) mass is 390 g/mol. The van der Waals surface area contributed by atoms with Gasteiger partial charge in [0.05, 0.1) is 11.1 Å². The Morgan fingerprint density at radius 3 is 2.48 bits per heavy atom. The van der Waals surface area contributed by atoms with E-state index in [2.05, 4.69) is 15.5 Å². The van der Waals surface area contributed by atoms with Crippen LogP contribution in [-0.2, 0) is 11.2 Å². The number of benzene rings is 2. The molecule has 4 rings (SSSR count). The van der Waals surface area contributed by atoms with Crippen molar-refractivity contribution in [1.82, 2.24) is 20.4 Å². The number of hydrogen-bond donors (Lipinski definition) is 1. The number of hydrogen-bond acceptors (Lipinski definition) is 6. The molecule has 0 saturated carbocycles. The molecule has 0 aliphatic carbocycles. The lowest BCUT2D eigenvalue weighted by molar-refractivity contribution is -0.121. The molecule has 0 atom stereocenters. The average Bonchev–Trinajstić information content (AvgIpc) is 3.28. The van der Waals surface area contributed by atoms with Gasteiger partial charge in [-0.05, 0) is 25.1 Å². The van der Waals surface area contributed by atoms with Gasteiger partial charge in [-0.1, -0.05) is 41.1 Å². The molecule has 2 aromatic carbocycles. The second-order valence-electron chi connectivity index (χ2n) is 6.72. The molecule has 1 aromatic heterocycles. The maximum atomic E-state index is 12.3. The molecule has 0 radical (unpaired) electrons. The van der Waals surface area contributed by atoms with Crippen LogP contribution in [0.5, 0.6) is 0 Å². The van der Waals surface area contributed by atoms with Crippen molar-refractivity contribution in [2.75, 3.05) is 13.1 Å². The summed E-state index contributed by atoms with van der Waals surface area (Å²) < 4.78 is 5.22. The molecule has 0 saturated heterocycles. The quantitative estimate of drug-likeness (QED) is 0.646. The Morgan fingerprint density at radius 1 is 1.07 bits per heavy atom. The number of amides is 3. The van der Waals surface area contributed by atoms with Crippen LogP contribution < -0.4 is 5.32 Å². The summed E-state index contributed by atoms with van der Waals surface area (Å²) in [6, 6.07) is 14.3. The number of carbonyl (C=O) groups excluding carboxylic acids is 3. The summed E-state index contributed by atoms with van der Waals surface area (Å²) >= 11 is 0. The summed E-state index contributed by atoms with van der Waals surface area (Å²) in [5, 5.41) is 6.63. The number of fused-ring (bicyclic) bond motifs is 1. The summed E-state index contributed by atoms with van der Waals surface area (Å²) in [5.41, 5.74) is 2.59. The molecule has 3 aromatic rings. The van der Waals surface area contributed by atoms with Crippen LogP contribution in [0.4, 0.5) is 0 Å². The van der Waals surface area contributed by atoms with E-state index in [-0.39, 0.29) is 13.1 Å². The van der Waals surface area contributed by atoms with E-state index in [9.17, 15) is 14.4 Å². The first-order valence-electron chi connectivity index (χ1n) is 9.14. The van der Waals surface area contributed by atoms with Crippen molar-refractivity contribution in [3.8, 4) is 11.4 Å². The second kappa shape index (κ2) is 7.67. The molecule has 3 amide bonds. The van der Waals surface area contributed by atoms with E-state index in [1.807, 2.05) is 31.2 Å². The van der Waals surface area contributed by atoms with E-state index >= 15 is 0 Å². The molecule has 0 spiro atoms. The van der Waals surface area contributed by atoms with Crippen LogP contribution in [0.1, 0.15) is 32.2 Å². The van der Waals surface area contributed by atoms with Crippen LogP contribution in [0.3, 0.4) is 0 Å². The first-order chi connectivity index (χ1) is 14.0. The number of aromatic nitrogens is 2. The minimum Gasteiger partial charge on any atom is -0.354 e. The third-order valence-corrected chi connectivity index (χ3v) is 4.59. The van der Waals surface area contributed by atoms with Crippen molar-refractivity contribution < 1.29 is 18.9 Å². The van der Waals surface area contributed by atoms with E-state index in [1.165, 1.54) is 0 Å². The molecule has 0 unspecified atom stereocenters. The van der Waals surface area contributed by atoms with Crippen LogP contribution in [0.2, 0.25) is 0 Å². The summed E-state index contributed by atoms with van der Waals surface area (Å²) in [5.74, 6) is -0.470. The van der Waals surface area contributed by atoms with Crippen molar-refractivity contribution in [1.29, 1.82) is 0 Å². The van der Waals surface area contributed by atoms with E-state index in [4.69, 9.17) is 4.52 Å². The SMILES string of the molecule is Cc1cccc(-c2noc(CCNC(=O)CN3C(=O)c4ccccc4C3=O)n2)c1. The van der Waals surface area contributed by atoms with Gasteiger partial charge in [0.1, 0.15) is 6.54 Å². The fraction of sp³-hybridized carbons (Fsp3) is 0.190. The predicted molar refractivity (Wildman–Crippen MR) is 103 cm³/mol. The number of nitrogens with one attached hydrogen (secondary N) is 1. The van der Waals surface area contributed by atoms with Crippen LogP contribution in [0, 0.1) is 6.92 Å². The van der Waals surface area contributed by atoms with Gasteiger partial charge in [-0.15, -0.1) is 0 Å². The van der Waals surface area contributed by atoms with Gasteiger partial charge in [0.15, 0.2) is 0 Å². The van der Waals surface area contributed by atoms with Crippen LogP contribution in [0.25, 0.3) is 11.4 Å².